The summed E-state index contributed by atoms with van der Waals surface area (Å²) in [6.07, 6.45) is 5.09. The van der Waals surface area contributed by atoms with E-state index in [4.69, 9.17) is 0 Å². The number of benzene rings is 1. The Bertz CT molecular complexity index is 680. The van der Waals surface area contributed by atoms with E-state index < -0.39 is 17.0 Å². The molecule has 1 atom stereocenters. The fourth-order valence-electron chi connectivity index (χ4n) is 3.87. The molecule has 0 aromatic heterocycles. The van der Waals surface area contributed by atoms with E-state index in [1.165, 1.54) is 6.07 Å². The normalized spacial score (nSPS) is 22.4. The van der Waals surface area contributed by atoms with Gasteiger partial charge in [0, 0.05) is 31.4 Å². The zero-order valence-corrected chi connectivity index (χ0v) is 14.2. The summed E-state index contributed by atoms with van der Waals surface area (Å²) < 4.78 is 26.4. The molecule has 1 saturated carbocycles. The minimum absolute atomic E-state index is 0.152. The number of anilines is 1. The lowest BCUT2D eigenvalue weighted by atomic mass is 9.74. The summed E-state index contributed by atoms with van der Waals surface area (Å²) in [7, 11) is 0. The summed E-state index contributed by atoms with van der Waals surface area (Å²) in [5, 5.41) is 12.4. The minimum Gasteiger partial charge on any atom is -0.371 e. The fraction of sp³-hybridized carbons (Fsp3) is 0.579. The molecule has 25 heavy (non-hydrogen) atoms. The number of hydrogen-bond donors (Lipinski definition) is 1. The Morgan fingerprint density at radius 1 is 1.28 bits per heavy atom. The highest BCUT2D eigenvalue weighted by Gasteiger charge is 2.40. The van der Waals surface area contributed by atoms with Gasteiger partial charge in [-0.1, -0.05) is 19.3 Å². The second-order valence-electron chi connectivity index (χ2n) is 7.16. The summed E-state index contributed by atoms with van der Waals surface area (Å²) in [5.41, 5.74) is -0.204. The average Bonchev–Trinajstić information content (AvgIpc) is 3.11. The van der Waals surface area contributed by atoms with Crippen LogP contribution < -0.4 is 10.2 Å². The van der Waals surface area contributed by atoms with Gasteiger partial charge in [-0.25, -0.2) is 8.78 Å². The third-order valence-electron chi connectivity index (χ3n) is 5.46. The van der Waals surface area contributed by atoms with Gasteiger partial charge in [-0.05, 0) is 37.3 Å². The molecule has 4 nitrogen and oxygen atoms in total. The second kappa shape index (κ2) is 7.38. The molecular formula is C19H23F2N3O. The Balaban J connectivity index is 1.54. The maximum atomic E-state index is 13.4. The topological polar surface area (TPSA) is 56.1 Å². The van der Waals surface area contributed by atoms with Gasteiger partial charge in [0.2, 0.25) is 5.91 Å². The molecule has 134 valence electrons. The summed E-state index contributed by atoms with van der Waals surface area (Å²) >= 11 is 0. The number of nitrogens with one attached hydrogen (secondary N) is 1. The van der Waals surface area contributed by atoms with Crippen LogP contribution in [0.1, 0.15) is 38.5 Å². The molecular weight excluding hydrogens is 324 g/mol. The largest absolute Gasteiger partial charge is 0.371 e. The zero-order valence-electron chi connectivity index (χ0n) is 14.2. The van der Waals surface area contributed by atoms with Gasteiger partial charge in [-0.2, -0.15) is 5.26 Å². The predicted octanol–water partition coefficient (Wildman–Crippen LogP) is 3.38. The molecule has 1 N–H and O–H groups in total. The molecule has 2 aliphatic rings. The van der Waals surface area contributed by atoms with E-state index in [2.05, 4.69) is 11.4 Å². The van der Waals surface area contributed by atoms with Gasteiger partial charge in [0.1, 0.15) is 5.41 Å². The molecule has 1 aromatic rings. The highest BCUT2D eigenvalue weighted by Crippen LogP contribution is 2.36. The average molecular weight is 347 g/mol. The van der Waals surface area contributed by atoms with Crippen LogP contribution in [0.4, 0.5) is 14.5 Å². The summed E-state index contributed by atoms with van der Waals surface area (Å²) in [5.74, 6) is -1.60. The van der Waals surface area contributed by atoms with Gasteiger partial charge < -0.3 is 10.2 Å². The molecule has 2 fully saturated rings. The number of carbonyl (C=O) groups is 1. The van der Waals surface area contributed by atoms with Gasteiger partial charge in [-0.3, -0.25) is 4.79 Å². The van der Waals surface area contributed by atoms with E-state index in [1.807, 2.05) is 4.90 Å². The van der Waals surface area contributed by atoms with Gasteiger partial charge in [-0.15, -0.1) is 0 Å². The summed E-state index contributed by atoms with van der Waals surface area (Å²) in [6, 6.07) is 6.16. The number of carbonyl (C=O) groups excluding carboxylic acids is 1. The molecule has 0 radical (unpaired) electrons. The van der Waals surface area contributed by atoms with Crippen molar-refractivity contribution < 1.29 is 13.6 Å². The first-order valence-electron chi connectivity index (χ1n) is 8.94. The van der Waals surface area contributed by atoms with Crippen molar-refractivity contribution >= 4 is 11.6 Å². The van der Waals surface area contributed by atoms with Gasteiger partial charge in [0.25, 0.3) is 0 Å². The van der Waals surface area contributed by atoms with E-state index in [-0.39, 0.29) is 11.8 Å². The van der Waals surface area contributed by atoms with Crippen molar-refractivity contribution in [3.05, 3.63) is 29.8 Å². The van der Waals surface area contributed by atoms with Crippen molar-refractivity contribution in [2.24, 2.45) is 11.3 Å². The highest BCUT2D eigenvalue weighted by atomic mass is 19.2. The zero-order chi connectivity index (χ0) is 17.9. The number of halogens is 2. The van der Waals surface area contributed by atoms with Gasteiger partial charge in [0.15, 0.2) is 11.6 Å². The van der Waals surface area contributed by atoms with Crippen LogP contribution in [0.5, 0.6) is 0 Å². The standard InChI is InChI=1S/C19H23F2N3O/c20-16-5-4-15(10-17(16)21)24-9-6-14(12-24)11-23-18(25)19(13-22)7-2-1-3-8-19/h4-5,10,14H,1-3,6-9,11-12H2,(H,23,25). The van der Waals surface area contributed by atoms with E-state index in [1.54, 1.807) is 6.07 Å². The number of hydrogen-bond acceptors (Lipinski definition) is 3. The van der Waals surface area contributed by atoms with Crippen LogP contribution in [0.15, 0.2) is 18.2 Å². The van der Waals surface area contributed by atoms with E-state index in [0.29, 0.717) is 31.6 Å². The van der Waals surface area contributed by atoms with Crippen molar-refractivity contribution in [1.29, 1.82) is 5.26 Å². The quantitative estimate of drug-likeness (QED) is 0.908. The molecule has 1 unspecified atom stereocenters. The van der Waals surface area contributed by atoms with Crippen molar-refractivity contribution in [3.63, 3.8) is 0 Å². The Hall–Kier alpha value is -2.16. The second-order valence-corrected chi connectivity index (χ2v) is 7.16. The van der Waals surface area contributed by atoms with Crippen molar-refractivity contribution in [2.45, 2.75) is 38.5 Å². The molecule has 1 aliphatic carbocycles. The van der Waals surface area contributed by atoms with Crippen molar-refractivity contribution in [1.82, 2.24) is 5.32 Å². The van der Waals surface area contributed by atoms with Gasteiger partial charge >= 0.3 is 0 Å². The summed E-state index contributed by atoms with van der Waals surface area (Å²) in [4.78, 5) is 14.5. The molecule has 1 saturated heterocycles. The molecule has 0 spiro atoms. The molecule has 3 rings (SSSR count). The van der Waals surface area contributed by atoms with Crippen LogP contribution >= 0.6 is 0 Å². The minimum atomic E-state index is -0.864. The smallest absolute Gasteiger partial charge is 0.240 e. The molecule has 1 amide bonds. The Labute approximate surface area is 146 Å². The molecule has 1 heterocycles. The van der Waals surface area contributed by atoms with E-state index in [9.17, 15) is 18.8 Å². The Kier molecular flexibility index (Phi) is 5.22. The lowest BCUT2D eigenvalue weighted by molar-refractivity contribution is -0.129. The first-order chi connectivity index (χ1) is 12.0. The van der Waals surface area contributed by atoms with Crippen LogP contribution in [0.3, 0.4) is 0 Å². The molecule has 1 aliphatic heterocycles. The van der Waals surface area contributed by atoms with Crippen LogP contribution in [-0.2, 0) is 4.79 Å². The lowest BCUT2D eigenvalue weighted by Gasteiger charge is -2.29. The monoisotopic (exact) mass is 347 g/mol. The third kappa shape index (κ3) is 3.76. The molecule has 1 aromatic carbocycles. The number of nitriles is 1. The van der Waals surface area contributed by atoms with Crippen LogP contribution in [0.25, 0.3) is 0 Å². The Morgan fingerprint density at radius 2 is 2.04 bits per heavy atom. The first-order valence-corrected chi connectivity index (χ1v) is 8.94. The third-order valence-corrected chi connectivity index (χ3v) is 5.46. The molecule has 6 heteroatoms. The van der Waals surface area contributed by atoms with E-state index >= 15 is 0 Å². The van der Waals surface area contributed by atoms with Crippen LogP contribution in [0.2, 0.25) is 0 Å². The maximum absolute atomic E-state index is 13.4. The van der Waals surface area contributed by atoms with E-state index in [0.717, 1.165) is 38.3 Å². The fourth-order valence-corrected chi connectivity index (χ4v) is 3.87. The highest BCUT2D eigenvalue weighted by molar-refractivity contribution is 5.85. The number of amides is 1. The summed E-state index contributed by atoms with van der Waals surface area (Å²) in [6.45, 7) is 1.95. The van der Waals surface area contributed by atoms with Crippen LogP contribution in [0, 0.1) is 34.3 Å². The van der Waals surface area contributed by atoms with Crippen LogP contribution in [-0.4, -0.2) is 25.5 Å². The van der Waals surface area contributed by atoms with Crippen molar-refractivity contribution in [3.8, 4) is 6.07 Å². The first kappa shape index (κ1) is 17.7. The lowest BCUT2D eigenvalue weighted by Crippen LogP contribution is -2.43. The Morgan fingerprint density at radius 3 is 2.72 bits per heavy atom. The maximum Gasteiger partial charge on any atom is 0.240 e. The number of rotatable bonds is 4. The number of nitrogens with zero attached hydrogens (tertiary/aromatic N) is 2. The molecule has 0 bridgehead atoms. The van der Waals surface area contributed by atoms with Crippen molar-refractivity contribution in [2.75, 3.05) is 24.5 Å². The van der Waals surface area contributed by atoms with Gasteiger partial charge in [0.05, 0.1) is 6.07 Å². The predicted molar refractivity (Wildman–Crippen MR) is 90.8 cm³/mol. The SMILES string of the molecule is N#CC1(C(=O)NCC2CCN(c3ccc(F)c(F)c3)C2)CCCCC1.